The molecule has 206 valence electrons. The molecule has 3 aliphatic rings. The minimum Gasteiger partial charge on any atom is -0.497 e. The summed E-state index contributed by atoms with van der Waals surface area (Å²) in [5.41, 5.74) is 1.06. The molecule has 9 nitrogen and oxygen atoms in total. The molecule has 0 radical (unpaired) electrons. The zero-order valence-electron chi connectivity index (χ0n) is 22.1. The molecule has 6 atom stereocenters. The molecule has 6 rings (SSSR count). The van der Waals surface area contributed by atoms with E-state index in [1.807, 2.05) is 78.9 Å². The Kier molecular flexibility index (Phi) is 6.56. The average Bonchev–Trinajstić information content (AvgIpc) is 3.62. The third kappa shape index (κ3) is 4.04. The SMILES string of the molecule is COc1ccc(C(O[C@H]2[C@@H](OC(C)=O)[C@H]3O[C@@H]2[C@@H]2C(=O)OC(=O)[C@H]32)(c2ccccc2)c2ccc(OC)cc2)cc1. The fourth-order valence-corrected chi connectivity index (χ4v) is 6.19. The number of carbonyl (C=O) groups is 3. The number of hydrogen-bond acceptors (Lipinski definition) is 9. The summed E-state index contributed by atoms with van der Waals surface area (Å²) in [6.07, 6.45) is -3.58. The van der Waals surface area contributed by atoms with Crippen LogP contribution in [0.2, 0.25) is 0 Å². The van der Waals surface area contributed by atoms with Crippen molar-refractivity contribution in [2.45, 2.75) is 36.9 Å². The van der Waals surface area contributed by atoms with E-state index in [0.717, 1.165) is 16.7 Å². The van der Waals surface area contributed by atoms with Gasteiger partial charge in [0.2, 0.25) is 0 Å². The monoisotopic (exact) mass is 544 g/mol. The van der Waals surface area contributed by atoms with Gasteiger partial charge in [0.15, 0.2) is 6.10 Å². The largest absolute Gasteiger partial charge is 0.497 e. The van der Waals surface area contributed by atoms with Crippen molar-refractivity contribution in [3.05, 3.63) is 95.6 Å². The van der Waals surface area contributed by atoms with E-state index in [1.165, 1.54) is 6.92 Å². The van der Waals surface area contributed by atoms with Gasteiger partial charge in [0.25, 0.3) is 0 Å². The fraction of sp³-hybridized carbons (Fsp3) is 0.323. The number of rotatable bonds is 8. The molecule has 2 bridgehead atoms. The second-order valence-electron chi connectivity index (χ2n) is 10.0. The topological polar surface area (TPSA) is 107 Å². The summed E-state index contributed by atoms with van der Waals surface area (Å²) in [6.45, 7) is 1.29. The van der Waals surface area contributed by atoms with Crippen molar-refractivity contribution in [2.24, 2.45) is 11.8 Å². The molecule has 0 aromatic heterocycles. The first-order chi connectivity index (χ1) is 19.4. The van der Waals surface area contributed by atoms with Gasteiger partial charge >= 0.3 is 17.9 Å². The lowest BCUT2D eigenvalue weighted by Gasteiger charge is -2.42. The summed E-state index contributed by atoms with van der Waals surface area (Å²) in [5, 5.41) is 0. The van der Waals surface area contributed by atoms with Gasteiger partial charge in [-0.05, 0) is 41.0 Å². The van der Waals surface area contributed by atoms with Gasteiger partial charge in [-0.15, -0.1) is 0 Å². The van der Waals surface area contributed by atoms with Gasteiger partial charge < -0.3 is 28.4 Å². The van der Waals surface area contributed by atoms with E-state index in [0.29, 0.717) is 11.5 Å². The number of benzene rings is 3. The minimum atomic E-state index is -1.25. The van der Waals surface area contributed by atoms with Crippen LogP contribution in [-0.2, 0) is 38.9 Å². The molecule has 3 heterocycles. The zero-order chi connectivity index (χ0) is 28.0. The average molecular weight is 545 g/mol. The molecule has 0 amide bonds. The van der Waals surface area contributed by atoms with Gasteiger partial charge in [0.05, 0.1) is 14.2 Å². The third-order valence-electron chi connectivity index (χ3n) is 7.91. The van der Waals surface area contributed by atoms with E-state index in [4.69, 9.17) is 28.4 Å². The molecule has 3 saturated heterocycles. The normalized spacial score (nSPS) is 26.8. The number of cyclic esters (lactones) is 2. The van der Waals surface area contributed by atoms with Crippen LogP contribution in [0.15, 0.2) is 78.9 Å². The van der Waals surface area contributed by atoms with Crippen LogP contribution < -0.4 is 9.47 Å². The van der Waals surface area contributed by atoms with E-state index in [9.17, 15) is 14.4 Å². The van der Waals surface area contributed by atoms with Crippen LogP contribution in [0.5, 0.6) is 11.5 Å². The minimum absolute atomic E-state index is 0.553. The van der Waals surface area contributed by atoms with Gasteiger partial charge in [-0.25, -0.2) is 0 Å². The van der Waals surface area contributed by atoms with E-state index in [2.05, 4.69) is 0 Å². The quantitative estimate of drug-likeness (QED) is 0.240. The van der Waals surface area contributed by atoms with Crippen LogP contribution >= 0.6 is 0 Å². The van der Waals surface area contributed by atoms with Crippen LogP contribution in [-0.4, -0.2) is 56.5 Å². The maximum Gasteiger partial charge on any atom is 0.320 e. The Balaban J connectivity index is 1.54. The Bertz CT molecular complexity index is 1370. The molecule has 3 fully saturated rings. The second-order valence-corrected chi connectivity index (χ2v) is 10.0. The first-order valence-electron chi connectivity index (χ1n) is 13.0. The summed E-state index contributed by atoms with van der Waals surface area (Å²) in [6, 6.07) is 24.6. The first kappa shape index (κ1) is 26.0. The predicted octanol–water partition coefficient (Wildman–Crippen LogP) is 3.41. The highest BCUT2D eigenvalue weighted by molar-refractivity contribution is 5.98. The number of esters is 3. The number of fused-ring (bicyclic) bond motifs is 5. The Morgan fingerprint density at radius 3 is 1.65 bits per heavy atom. The Labute approximate surface area is 230 Å². The predicted molar refractivity (Wildman–Crippen MR) is 139 cm³/mol. The Hall–Kier alpha value is -4.21. The standard InChI is InChI=1S/C31H28O9/c1-17(32)37-27-25-23-24(30(34)39-29(23)33)26(38-25)28(27)40-31(18-7-5-4-6-8-18,19-9-13-21(35-2)14-10-19)20-11-15-22(36-3)16-12-20/h4-16,23-28H,1-3H3/t23-,24+,25-,26+,27-,28+/m0/s1. The molecule has 3 aliphatic heterocycles. The lowest BCUT2D eigenvalue weighted by atomic mass is 9.76. The van der Waals surface area contributed by atoms with Crippen LogP contribution in [0.4, 0.5) is 0 Å². The second kappa shape index (κ2) is 10.1. The van der Waals surface area contributed by atoms with Crippen LogP contribution in [0.1, 0.15) is 23.6 Å². The van der Waals surface area contributed by atoms with E-state index in [1.54, 1.807) is 14.2 Å². The molecule has 0 saturated carbocycles. The molecule has 40 heavy (non-hydrogen) atoms. The summed E-state index contributed by atoms with van der Waals surface area (Å²) in [4.78, 5) is 37.5. The Morgan fingerprint density at radius 2 is 1.18 bits per heavy atom. The van der Waals surface area contributed by atoms with Gasteiger partial charge in [0.1, 0.15) is 47.2 Å². The van der Waals surface area contributed by atoms with Crippen LogP contribution in [0.25, 0.3) is 0 Å². The number of hydrogen-bond donors (Lipinski definition) is 0. The molecule has 0 N–H and O–H groups in total. The van der Waals surface area contributed by atoms with Crippen molar-refractivity contribution >= 4 is 17.9 Å². The maximum absolute atomic E-state index is 12.7. The summed E-state index contributed by atoms with van der Waals surface area (Å²) < 4.78 is 34.8. The molecular formula is C31H28O9. The molecule has 0 unspecified atom stereocenters. The maximum atomic E-state index is 12.7. The van der Waals surface area contributed by atoms with Crippen molar-refractivity contribution in [1.82, 2.24) is 0 Å². The Morgan fingerprint density at radius 1 is 0.700 bits per heavy atom. The van der Waals surface area contributed by atoms with Gasteiger partial charge in [0, 0.05) is 6.92 Å². The van der Waals surface area contributed by atoms with Gasteiger partial charge in [-0.1, -0.05) is 54.6 Å². The van der Waals surface area contributed by atoms with E-state index < -0.39 is 59.8 Å². The van der Waals surface area contributed by atoms with E-state index in [-0.39, 0.29) is 0 Å². The fourth-order valence-electron chi connectivity index (χ4n) is 6.19. The van der Waals surface area contributed by atoms with Crippen molar-refractivity contribution < 1.29 is 42.8 Å². The van der Waals surface area contributed by atoms with Gasteiger partial charge in [-0.2, -0.15) is 0 Å². The summed E-state index contributed by atoms with van der Waals surface area (Å²) >= 11 is 0. The zero-order valence-corrected chi connectivity index (χ0v) is 22.1. The highest BCUT2D eigenvalue weighted by atomic mass is 16.6. The highest BCUT2D eigenvalue weighted by Crippen LogP contribution is 2.53. The van der Waals surface area contributed by atoms with Crippen molar-refractivity contribution in [3.63, 3.8) is 0 Å². The summed E-state index contributed by atoms with van der Waals surface area (Å²) in [5.74, 6) is -2.25. The lowest BCUT2D eigenvalue weighted by molar-refractivity contribution is -0.169. The van der Waals surface area contributed by atoms with Crippen molar-refractivity contribution in [3.8, 4) is 11.5 Å². The summed E-state index contributed by atoms with van der Waals surface area (Å²) in [7, 11) is 3.18. The lowest BCUT2D eigenvalue weighted by Crippen LogP contribution is -2.54. The number of ether oxygens (including phenoxy) is 6. The molecule has 3 aromatic carbocycles. The molecular weight excluding hydrogens is 516 g/mol. The smallest absolute Gasteiger partial charge is 0.320 e. The molecule has 9 heteroatoms. The van der Waals surface area contributed by atoms with Crippen molar-refractivity contribution in [2.75, 3.05) is 14.2 Å². The number of methoxy groups -OCH3 is 2. The van der Waals surface area contributed by atoms with Crippen LogP contribution in [0, 0.1) is 11.8 Å². The third-order valence-corrected chi connectivity index (χ3v) is 7.91. The van der Waals surface area contributed by atoms with Gasteiger partial charge in [-0.3, -0.25) is 14.4 Å². The van der Waals surface area contributed by atoms with Crippen LogP contribution in [0.3, 0.4) is 0 Å². The molecule has 0 aliphatic carbocycles. The van der Waals surface area contributed by atoms with E-state index >= 15 is 0 Å². The van der Waals surface area contributed by atoms with Crippen molar-refractivity contribution in [1.29, 1.82) is 0 Å². The highest BCUT2D eigenvalue weighted by Gasteiger charge is 2.71. The molecule has 3 aromatic rings. The first-order valence-corrected chi connectivity index (χ1v) is 13.0. The molecule has 0 spiro atoms. The number of carbonyl (C=O) groups excluding carboxylic acids is 3.